The molecule has 1 unspecified atom stereocenters. The number of ether oxygens (including phenoxy) is 2. The summed E-state index contributed by atoms with van der Waals surface area (Å²) >= 11 is 0. The van der Waals surface area contributed by atoms with E-state index in [1.165, 1.54) is 19.2 Å². The van der Waals surface area contributed by atoms with Gasteiger partial charge >= 0.3 is 12.1 Å². The first-order valence-electron chi connectivity index (χ1n) is 6.63. The van der Waals surface area contributed by atoms with Crippen LogP contribution in [0.5, 0.6) is 5.75 Å². The van der Waals surface area contributed by atoms with Crippen LogP contribution in [0.3, 0.4) is 0 Å². The van der Waals surface area contributed by atoms with Gasteiger partial charge in [0, 0.05) is 11.3 Å². The van der Waals surface area contributed by atoms with Gasteiger partial charge in [-0.15, -0.1) is 0 Å². The minimum Gasteiger partial charge on any atom is -0.497 e. The summed E-state index contributed by atoms with van der Waals surface area (Å²) < 4.78 is 46.9. The smallest absolute Gasteiger partial charge is 0.491 e. The van der Waals surface area contributed by atoms with Crippen molar-refractivity contribution >= 4 is 11.7 Å². The molecule has 2 rings (SSSR count). The number of alkyl halides is 3. The molecule has 1 N–H and O–H groups in total. The third-order valence-electron chi connectivity index (χ3n) is 2.95. The molecule has 122 valence electrons. The standard InChI is InChI=1S/C16H14F3NO3/c1-22-13-9-7-11(8-10-13)14(23-15(21)16(17,18)19)20-12-5-3-2-4-6-12/h2-10,14,20H,1H3. The lowest BCUT2D eigenvalue weighted by atomic mass is 10.2. The van der Waals surface area contributed by atoms with Crippen LogP contribution in [0.1, 0.15) is 11.8 Å². The number of hydrogen-bond donors (Lipinski definition) is 1. The largest absolute Gasteiger partial charge is 0.497 e. The van der Waals surface area contributed by atoms with E-state index in [0.29, 0.717) is 17.0 Å². The highest BCUT2D eigenvalue weighted by molar-refractivity contribution is 5.76. The average molecular weight is 325 g/mol. The predicted molar refractivity (Wildman–Crippen MR) is 77.9 cm³/mol. The maximum atomic E-state index is 12.5. The number of nitrogens with one attached hydrogen (secondary N) is 1. The number of methoxy groups -OCH3 is 1. The van der Waals surface area contributed by atoms with E-state index in [1.54, 1.807) is 42.5 Å². The zero-order valence-corrected chi connectivity index (χ0v) is 12.1. The molecule has 4 nitrogen and oxygen atoms in total. The van der Waals surface area contributed by atoms with E-state index >= 15 is 0 Å². The molecule has 0 spiro atoms. The van der Waals surface area contributed by atoms with E-state index in [9.17, 15) is 18.0 Å². The molecule has 23 heavy (non-hydrogen) atoms. The van der Waals surface area contributed by atoms with Crippen LogP contribution in [0, 0.1) is 0 Å². The summed E-state index contributed by atoms with van der Waals surface area (Å²) in [6.45, 7) is 0. The van der Waals surface area contributed by atoms with Gasteiger partial charge in [0.1, 0.15) is 5.75 Å². The van der Waals surface area contributed by atoms with Gasteiger partial charge < -0.3 is 14.8 Å². The molecule has 2 aromatic carbocycles. The molecule has 0 saturated heterocycles. The Hall–Kier alpha value is -2.70. The van der Waals surface area contributed by atoms with Gasteiger partial charge in [-0.1, -0.05) is 18.2 Å². The van der Waals surface area contributed by atoms with Crippen LogP contribution in [0.2, 0.25) is 0 Å². The van der Waals surface area contributed by atoms with Gasteiger partial charge in [0.15, 0.2) is 6.23 Å². The molecular formula is C16H14F3NO3. The Morgan fingerprint density at radius 1 is 1.04 bits per heavy atom. The van der Waals surface area contributed by atoms with E-state index in [-0.39, 0.29) is 0 Å². The quantitative estimate of drug-likeness (QED) is 0.669. The summed E-state index contributed by atoms with van der Waals surface area (Å²) in [5.41, 5.74) is 0.871. The number of halogens is 3. The maximum absolute atomic E-state index is 12.5. The highest BCUT2D eigenvalue weighted by atomic mass is 19.4. The Bertz CT molecular complexity index is 642. The summed E-state index contributed by atoms with van der Waals surface area (Å²) in [6.07, 6.45) is -6.35. The minimum absolute atomic E-state index is 0.354. The van der Waals surface area contributed by atoms with Crippen LogP contribution >= 0.6 is 0 Å². The van der Waals surface area contributed by atoms with Crippen molar-refractivity contribution in [3.63, 3.8) is 0 Å². The van der Waals surface area contributed by atoms with E-state index in [1.807, 2.05) is 0 Å². The summed E-state index contributed by atoms with van der Waals surface area (Å²) in [5.74, 6) is -1.73. The highest BCUT2D eigenvalue weighted by Crippen LogP contribution is 2.26. The second-order valence-corrected chi connectivity index (χ2v) is 4.57. The number of rotatable bonds is 5. The normalized spacial score (nSPS) is 12.3. The molecule has 0 aliphatic carbocycles. The number of anilines is 1. The maximum Gasteiger partial charge on any atom is 0.491 e. The molecule has 0 saturated carbocycles. The van der Waals surface area contributed by atoms with Gasteiger partial charge in [-0.3, -0.25) is 0 Å². The van der Waals surface area contributed by atoms with Crippen LogP contribution in [-0.2, 0) is 9.53 Å². The highest BCUT2D eigenvalue weighted by Gasteiger charge is 2.42. The molecule has 1 atom stereocenters. The minimum atomic E-state index is -5.07. The molecule has 0 fully saturated rings. The SMILES string of the molecule is COc1ccc(C(Nc2ccccc2)OC(=O)C(F)(F)F)cc1. The van der Waals surface area contributed by atoms with E-state index in [2.05, 4.69) is 10.1 Å². The zero-order chi connectivity index (χ0) is 16.9. The van der Waals surface area contributed by atoms with Crippen LogP contribution in [0.25, 0.3) is 0 Å². The number of carbonyl (C=O) groups excluding carboxylic acids is 1. The zero-order valence-electron chi connectivity index (χ0n) is 12.1. The van der Waals surface area contributed by atoms with Crippen molar-refractivity contribution in [2.24, 2.45) is 0 Å². The number of para-hydroxylation sites is 1. The molecule has 0 aromatic heterocycles. The summed E-state index contributed by atoms with van der Waals surface area (Å²) in [4.78, 5) is 11.1. The van der Waals surface area contributed by atoms with Gasteiger partial charge in [0.05, 0.1) is 7.11 Å². The second kappa shape index (κ2) is 7.04. The first-order valence-corrected chi connectivity index (χ1v) is 6.63. The molecule has 0 heterocycles. The molecule has 0 amide bonds. The van der Waals surface area contributed by atoms with Crippen LogP contribution in [0.15, 0.2) is 54.6 Å². The molecule has 7 heteroatoms. The van der Waals surface area contributed by atoms with Crippen molar-refractivity contribution in [2.75, 3.05) is 12.4 Å². The van der Waals surface area contributed by atoms with Crippen molar-refractivity contribution in [1.82, 2.24) is 0 Å². The molecule has 0 radical (unpaired) electrons. The van der Waals surface area contributed by atoms with Crippen molar-refractivity contribution in [1.29, 1.82) is 0 Å². The monoisotopic (exact) mass is 325 g/mol. The van der Waals surface area contributed by atoms with Gasteiger partial charge in [-0.2, -0.15) is 13.2 Å². The number of hydrogen-bond acceptors (Lipinski definition) is 4. The fraction of sp³-hybridized carbons (Fsp3) is 0.188. The number of esters is 1. The van der Waals surface area contributed by atoms with Gasteiger partial charge in [0.2, 0.25) is 0 Å². The van der Waals surface area contributed by atoms with Gasteiger partial charge in [-0.25, -0.2) is 4.79 Å². The fourth-order valence-electron chi connectivity index (χ4n) is 1.82. The first-order chi connectivity index (χ1) is 10.9. The lowest BCUT2D eigenvalue weighted by Crippen LogP contribution is -2.29. The Morgan fingerprint density at radius 2 is 1.65 bits per heavy atom. The van der Waals surface area contributed by atoms with Crippen molar-refractivity contribution in [3.8, 4) is 5.75 Å². The summed E-state index contributed by atoms with van der Waals surface area (Å²) in [6, 6.07) is 14.6. The Morgan fingerprint density at radius 3 is 2.17 bits per heavy atom. The third kappa shape index (κ3) is 4.64. The third-order valence-corrected chi connectivity index (χ3v) is 2.95. The Balaban J connectivity index is 2.24. The first kappa shape index (κ1) is 16.7. The van der Waals surface area contributed by atoms with E-state index in [4.69, 9.17) is 4.74 Å². The molecule has 0 bridgehead atoms. The number of benzene rings is 2. The Kier molecular flexibility index (Phi) is 5.10. The number of carbonyl (C=O) groups is 1. The van der Waals surface area contributed by atoms with Crippen molar-refractivity contribution in [3.05, 3.63) is 60.2 Å². The summed E-state index contributed by atoms with van der Waals surface area (Å²) in [5, 5.41) is 2.75. The van der Waals surface area contributed by atoms with Crippen LogP contribution in [-0.4, -0.2) is 19.3 Å². The van der Waals surface area contributed by atoms with Crippen molar-refractivity contribution < 1.29 is 27.4 Å². The fourth-order valence-corrected chi connectivity index (χ4v) is 1.82. The molecule has 0 aliphatic heterocycles. The van der Waals surface area contributed by atoms with Crippen molar-refractivity contribution in [2.45, 2.75) is 12.4 Å². The topological polar surface area (TPSA) is 47.6 Å². The molecular weight excluding hydrogens is 311 g/mol. The molecule has 2 aromatic rings. The van der Waals surface area contributed by atoms with Gasteiger partial charge in [-0.05, 0) is 36.4 Å². The van der Waals surface area contributed by atoms with Crippen LogP contribution in [0.4, 0.5) is 18.9 Å². The lowest BCUT2D eigenvalue weighted by Gasteiger charge is -2.21. The van der Waals surface area contributed by atoms with Crippen LogP contribution < -0.4 is 10.1 Å². The lowest BCUT2D eigenvalue weighted by molar-refractivity contribution is -0.204. The molecule has 0 aliphatic rings. The summed E-state index contributed by atoms with van der Waals surface area (Å²) in [7, 11) is 1.47. The van der Waals surface area contributed by atoms with E-state index < -0.39 is 18.4 Å². The van der Waals surface area contributed by atoms with E-state index in [0.717, 1.165) is 0 Å². The average Bonchev–Trinajstić information content (AvgIpc) is 2.54. The Labute approximate surface area is 130 Å². The van der Waals surface area contributed by atoms with Gasteiger partial charge in [0.25, 0.3) is 0 Å². The second-order valence-electron chi connectivity index (χ2n) is 4.57. The predicted octanol–water partition coefficient (Wildman–Crippen LogP) is 3.91.